The Hall–Kier alpha value is -2.45. The lowest BCUT2D eigenvalue weighted by atomic mass is 10.1. The molecule has 3 rings (SSSR count). The Balaban J connectivity index is 1.70. The fourth-order valence-electron chi connectivity index (χ4n) is 2.10. The fourth-order valence-corrected chi connectivity index (χ4v) is 3.36. The molecule has 0 aliphatic carbocycles. The van der Waals surface area contributed by atoms with Crippen LogP contribution in [0.25, 0.3) is 11.3 Å². The average Bonchev–Trinajstić information content (AvgIpc) is 3.10. The molecule has 0 spiro atoms. The Morgan fingerprint density at radius 2 is 1.96 bits per heavy atom. The fraction of sp³-hybridized carbons (Fsp3) is 0. The second-order valence-electron chi connectivity index (χ2n) is 5.06. The molecule has 2 aromatic carbocycles. The number of carbonyl (C=O) groups excluding carboxylic acids is 1. The number of hydrogen-bond acceptors (Lipinski definition) is 4. The van der Waals surface area contributed by atoms with Gasteiger partial charge in [0.2, 0.25) is 0 Å². The molecule has 3 aromatic rings. The molecule has 0 unspecified atom stereocenters. The predicted molar refractivity (Wildman–Crippen MR) is 103 cm³/mol. The summed E-state index contributed by atoms with van der Waals surface area (Å²) in [6, 6.07) is 14.6. The van der Waals surface area contributed by atoms with Gasteiger partial charge in [-0.05, 0) is 34.1 Å². The van der Waals surface area contributed by atoms with Gasteiger partial charge in [-0.15, -0.1) is 0 Å². The predicted octanol–water partition coefficient (Wildman–Crippen LogP) is 4.07. The van der Waals surface area contributed by atoms with Crippen LogP contribution in [0.2, 0.25) is 0 Å². The molecule has 1 amide bonds. The summed E-state index contributed by atoms with van der Waals surface area (Å²) in [5.41, 5.74) is 4.72. The van der Waals surface area contributed by atoms with Gasteiger partial charge in [0, 0.05) is 15.6 Å². The van der Waals surface area contributed by atoms with Gasteiger partial charge in [0.15, 0.2) is 0 Å². The Morgan fingerprint density at radius 1 is 1.20 bits per heavy atom. The molecule has 1 heterocycles. The molecular formula is C17H12Br2N4O2. The van der Waals surface area contributed by atoms with E-state index in [0.29, 0.717) is 15.7 Å². The Kier molecular flexibility index (Phi) is 5.30. The third-order valence-corrected chi connectivity index (χ3v) is 4.38. The Labute approximate surface area is 160 Å². The van der Waals surface area contributed by atoms with Crippen LogP contribution < -0.4 is 5.43 Å². The lowest BCUT2D eigenvalue weighted by Gasteiger charge is -2.02. The number of aromatic hydroxyl groups is 1. The summed E-state index contributed by atoms with van der Waals surface area (Å²) >= 11 is 6.56. The standard InChI is InChI=1S/C17H12Br2N4O2/c18-12-6-11(16(24)13(19)7-12)9-20-23-17(25)15-8-14(21-22-15)10-4-2-1-3-5-10/h1-9,24H,(H,21,22)(H,23,25). The van der Waals surface area contributed by atoms with Crippen molar-refractivity contribution in [3.05, 3.63) is 68.7 Å². The second-order valence-corrected chi connectivity index (χ2v) is 6.83. The highest BCUT2D eigenvalue weighted by molar-refractivity contribution is 9.11. The van der Waals surface area contributed by atoms with Crippen molar-refractivity contribution >= 4 is 44.0 Å². The van der Waals surface area contributed by atoms with Crippen LogP contribution in [-0.4, -0.2) is 27.4 Å². The number of hydrogen-bond donors (Lipinski definition) is 3. The van der Waals surface area contributed by atoms with E-state index in [1.54, 1.807) is 18.2 Å². The number of benzene rings is 2. The van der Waals surface area contributed by atoms with E-state index >= 15 is 0 Å². The van der Waals surface area contributed by atoms with E-state index in [1.165, 1.54) is 6.21 Å². The monoisotopic (exact) mass is 462 g/mol. The molecule has 0 saturated carbocycles. The summed E-state index contributed by atoms with van der Waals surface area (Å²) in [5.74, 6) is -0.395. The van der Waals surface area contributed by atoms with Crippen molar-refractivity contribution in [1.29, 1.82) is 0 Å². The lowest BCUT2D eigenvalue weighted by molar-refractivity contribution is 0.0950. The molecule has 0 aliphatic heterocycles. The number of rotatable bonds is 4. The normalized spacial score (nSPS) is 11.0. The summed E-state index contributed by atoms with van der Waals surface area (Å²) < 4.78 is 1.29. The second kappa shape index (κ2) is 7.62. The number of H-pyrrole nitrogens is 1. The first-order valence-electron chi connectivity index (χ1n) is 7.17. The van der Waals surface area contributed by atoms with Crippen LogP contribution >= 0.6 is 31.9 Å². The van der Waals surface area contributed by atoms with Gasteiger partial charge in [-0.1, -0.05) is 46.3 Å². The van der Waals surface area contributed by atoms with E-state index in [9.17, 15) is 9.90 Å². The molecule has 0 aliphatic rings. The molecule has 6 nitrogen and oxygen atoms in total. The zero-order chi connectivity index (χ0) is 17.8. The molecule has 25 heavy (non-hydrogen) atoms. The number of carbonyl (C=O) groups is 1. The number of aromatic amines is 1. The first kappa shape index (κ1) is 17.4. The van der Waals surface area contributed by atoms with Crippen LogP contribution in [-0.2, 0) is 0 Å². The Bertz CT molecular complexity index is 939. The van der Waals surface area contributed by atoms with E-state index in [-0.39, 0.29) is 11.4 Å². The summed E-state index contributed by atoms with van der Waals surface area (Å²) in [6.07, 6.45) is 1.36. The number of amides is 1. The van der Waals surface area contributed by atoms with E-state index in [1.807, 2.05) is 30.3 Å². The third-order valence-electron chi connectivity index (χ3n) is 3.32. The number of nitrogens with zero attached hydrogens (tertiary/aromatic N) is 2. The zero-order valence-electron chi connectivity index (χ0n) is 12.7. The molecule has 126 valence electrons. The third kappa shape index (κ3) is 4.15. The molecule has 3 N–H and O–H groups in total. The number of hydrazone groups is 1. The highest BCUT2D eigenvalue weighted by Crippen LogP contribution is 2.30. The molecule has 1 aromatic heterocycles. The lowest BCUT2D eigenvalue weighted by Crippen LogP contribution is -2.18. The molecular weight excluding hydrogens is 452 g/mol. The molecule has 0 bridgehead atoms. The smallest absolute Gasteiger partial charge is 0.289 e. The van der Waals surface area contributed by atoms with Crippen LogP contribution in [0.1, 0.15) is 16.1 Å². The quantitative estimate of drug-likeness (QED) is 0.402. The number of aromatic nitrogens is 2. The largest absolute Gasteiger partial charge is 0.506 e. The van der Waals surface area contributed by atoms with Crippen molar-refractivity contribution in [1.82, 2.24) is 15.6 Å². The minimum Gasteiger partial charge on any atom is -0.506 e. The van der Waals surface area contributed by atoms with Gasteiger partial charge in [-0.25, -0.2) is 5.43 Å². The van der Waals surface area contributed by atoms with Crippen molar-refractivity contribution in [2.24, 2.45) is 5.10 Å². The number of phenolic OH excluding ortho intramolecular Hbond substituents is 1. The van der Waals surface area contributed by atoms with E-state index in [4.69, 9.17) is 0 Å². The maximum Gasteiger partial charge on any atom is 0.289 e. The van der Waals surface area contributed by atoms with Crippen molar-refractivity contribution < 1.29 is 9.90 Å². The van der Waals surface area contributed by atoms with Gasteiger partial charge in [0.1, 0.15) is 11.4 Å². The van der Waals surface area contributed by atoms with Gasteiger partial charge in [-0.3, -0.25) is 9.89 Å². The van der Waals surface area contributed by atoms with Crippen molar-refractivity contribution in [3.63, 3.8) is 0 Å². The molecule has 0 saturated heterocycles. The molecule has 0 atom stereocenters. The van der Waals surface area contributed by atoms with Crippen LogP contribution in [0.15, 0.2) is 62.6 Å². The maximum absolute atomic E-state index is 12.1. The van der Waals surface area contributed by atoms with E-state index < -0.39 is 5.91 Å². The van der Waals surface area contributed by atoms with Gasteiger partial charge < -0.3 is 5.11 Å². The number of halogens is 2. The summed E-state index contributed by atoms with van der Waals surface area (Å²) in [4.78, 5) is 12.1. The van der Waals surface area contributed by atoms with E-state index in [0.717, 1.165) is 10.0 Å². The van der Waals surface area contributed by atoms with Crippen LogP contribution in [0.4, 0.5) is 0 Å². The molecule has 0 fully saturated rings. The maximum atomic E-state index is 12.1. The summed E-state index contributed by atoms with van der Waals surface area (Å²) in [6.45, 7) is 0. The minimum atomic E-state index is -0.431. The number of nitrogens with one attached hydrogen (secondary N) is 2. The topological polar surface area (TPSA) is 90.4 Å². The molecule has 0 radical (unpaired) electrons. The summed E-state index contributed by atoms with van der Waals surface area (Å²) in [5, 5.41) is 20.6. The highest BCUT2D eigenvalue weighted by Gasteiger charge is 2.10. The highest BCUT2D eigenvalue weighted by atomic mass is 79.9. The molecule has 8 heteroatoms. The van der Waals surface area contributed by atoms with Crippen LogP contribution in [0.3, 0.4) is 0 Å². The van der Waals surface area contributed by atoms with Gasteiger partial charge in [0.05, 0.1) is 16.4 Å². The SMILES string of the molecule is O=C(NN=Cc1cc(Br)cc(Br)c1O)c1cc(-c2ccccc2)n[nH]1. The average molecular weight is 464 g/mol. The summed E-state index contributed by atoms with van der Waals surface area (Å²) in [7, 11) is 0. The number of phenols is 1. The van der Waals surface area contributed by atoms with Crippen molar-refractivity contribution in [2.45, 2.75) is 0 Å². The van der Waals surface area contributed by atoms with Gasteiger partial charge in [0.25, 0.3) is 5.91 Å². The van der Waals surface area contributed by atoms with Crippen LogP contribution in [0, 0.1) is 0 Å². The first-order valence-corrected chi connectivity index (χ1v) is 8.75. The Morgan fingerprint density at radius 3 is 2.72 bits per heavy atom. The van der Waals surface area contributed by atoms with Crippen molar-refractivity contribution in [3.8, 4) is 17.0 Å². The van der Waals surface area contributed by atoms with Gasteiger partial charge >= 0.3 is 0 Å². The van der Waals surface area contributed by atoms with Crippen LogP contribution in [0.5, 0.6) is 5.75 Å². The minimum absolute atomic E-state index is 0.0362. The van der Waals surface area contributed by atoms with E-state index in [2.05, 4.69) is 52.6 Å². The van der Waals surface area contributed by atoms with Gasteiger partial charge in [-0.2, -0.15) is 10.2 Å². The first-order chi connectivity index (χ1) is 12.0. The zero-order valence-corrected chi connectivity index (χ0v) is 15.9. The van der Waals surface area contributed by atoms with Crippen molar-refractivity contribution in [2.75, 3.05) is 0 Å².